The number of halogens is 3. The number of ketones is 1. The molecule has 0 saturated heterocycles. The lowest BCUT2D eigenvalue weighted by Crippen LogP contribution is -2.12. The third-order valence-electron chi connectivity index (χ3n) is 2.75. The molecule has 0 spiro atoms. The number of rotatable bonds is 3. The van der Waals surface area contributed by atoms with Crippen molar-refractivity contribution in [2.24, 2.45) is 0 Å². The van der Waals surface area contributed by atoms with E-state index in [9.17, 15) is 14.4 Å². The lowest BCUT2D eigenvalue weighted by molar-refractivity contribution is 0.0977. The maximum absolute atomic E-state index is 13.7. The molecular weight excluding hydrogens is 300 g/mol. The van der Waals surface area contributed by atoms with Gasteiger partial charge in [0.2, 0.25) is 0 Å². The normalized spacial score (nSPS) is 11.7. The number of nitriles is 1. The van der Waals surface area contributed by atoms with E-state index in [0.29, 0.717) is 0 Å². The van der Waals surface area contributed by atoms with Crippen LogP contribution < -0.4 is 0 Å². The Hall–Kier alpha value is -1.89. The Balaban J connectivity index is 2.45. The minimum absolute atomic E-state index is 0.0381. The zero-order valence-electron chi connectivity index (χ0n) is 10.1. The van der Waals surface area contributed by atoms with Gasteiger partial charge in [-0.1, -0.05) is 41.4 Å². The molecule has 2 rings (SSSR count). The maximum Gasteiger partial charge on any atom is 0.184 e. The predicted octanol–water partition coefficient (Wildman–Crippen LogP) is 4.62. The molecule has 5 heteroatoms. The van der Waals surface area contributed by atoms with Crippen LogP contribution in [0.1, 0.15) is 21.8 Å². The average molecular weight is 308 g/mol. The Kier molecular flexibility index (Phi) is 4.39. The Morgan fingerprint density at radius 3 is 2.30 bits per heavy atom. The molecule has 0 fully saturated rings. The van der Waals surface area contributed by atoms with Crippen molar-refractivity contribution in [3.05, 3.63) is 69.5 Å². The fourth-order valence-corrected chi connectivity index (χ4v) is 2.37. The van der Waals surface area contributed by atoms with E-state index >= 15 is 0 Å². The van der Waals surface area contributed by atoms with E-state index in [1.807, 2.05) is 6.07 Å². The van der Waals surface area contributed by atoms with E-state index in [4.69, 9.17) is 23.2 Å². The van der Waals surface area contributed by atoms with Crippen LogP contribution >= 0.6 is 23.2 Å². The van der Waals surface area contributed by atoms with E-state index in [-0.39, 0.29) is 21.2 Å². The number of carbonyl (C=O) groups is 1. The smallest absolute Gasteiger partial charge is 0.184 e. The van der Waals surface area contributed by atoms with E-state index in [0.717, 1.165) is 0 Å². The summed E-state index contributed by atoms with van der Waals surface area (Å²) in [7, 11) is 0. The van der Waals surface area contributed by atoms with Crippen LogP contribution in [-0.2, 0) is 0 Å². The second-order valence-electron chi connectivity index (χ2n) is 4.11. The van der Waals surface area contributed by atoms with E-state index in [1.165, 1.54) is 36.4 Å². The van der Waals surface area contributed by atoms with Crippen molar-refractivity contribution >= 4 is 29.0 Å². The number of benzene rings is 2. The minimum Gasteiger partial charge on any atom is -0.292 e. The summed E-state index contributed by atoms with van der Waals surface area (Å²) in [6, 6.07) is 11.8. The number of Topliss-reactive ketones (excluding diaryl/α,β-unsaturated/α-hetero) is 1. The molecule has 1 atom stereocenters. The highest BCUT2D eigenvalue weighted by atomic mass is 35.5. The molecule has 0 heterocycles. The van der Waals surface area contributed by atoms with Crippen LogP contribution in [0.5, 0.6) is 0 Å². The van der Waals surface area contributed by atoms with E-state index in [2.05, 4.69) is 0 Å². The van der Waals surface area contributed by atoms with Crippen molar-refractivity contribution in [3.63, 3.8) is 0 Å². The number of hydrogen-bond donors (Lipinski definition) is 0. The first-order valence-corrected chi connectivity index (χ1v) is 6.43. The molecule has 2 aromatic rings. The summed E-state index contributed by atoms with van der Waals surface area (Å²) < 4.78 is 13.7. The van der Waals surface area contributed by atoms with Gasteiger partial charge in [0.05, 0.1) is 6.07 Å². The standard InChI is InChI=1S/C15H8Cl2FNO/c16-10-5-9(6-11(17)7-10)15(20)13(8-19)12-3-1-2-4-14(12)18/h1-7,13H. The van der Waals surface area contributed by atoms with Crippen LogP contribution in [-0.4, -0.2) is 5.78 Å². The fraction of sp³-hybridized carbons (Fsp3) is 0.0667. The zero-order valence-corrected chi connectivity index (χ0v) is 11.6. The Morgan fingerprint density at radius 2 is 1.75 bits per heavy atom. The number of carbonyl (C=O) groups excluding carboxylic acids is 1. The monoisotopic (exact) mass is 307 g/mol. The molecule has 0 N–H and O–H groups in total. The molecule has 0 aliphatic rings. The zero-order chi connectivity index (χ0) is 14.7. The van der Waals surface area contributed by atoms with Gasteiger partial charge in [0.1, 0.15) is 11.7 Å². The molecule has 2 aromatic carbocycles. The number of hydrogen-bond acceptors (Lipinski definition) is 2. The van der Waals surface area contributed by atoms with Gasteiger partial charge in [-0.25, -0.2) is 4.39 Å². The van der Waals surface area contributed by atoms with Crippen molar-refractivity contribution in [3.8, 4) is 6.07 Å². The SMILES string of the molecule is N#CC(C(=O)c1cc(Cl)cc(Cl)c1)c1ccccc1F. The summed E-state index contributed by atoms with van der Waals surface area (Å²) in [4.78, 5) is 12.3. The molecule has 0 saturated carbocycles. The van der Waals surface area contributed by atoms with Crippen LogP contribution in [0.2, 0.25) is 10.0 Å². The molecule has 0 amide bonds. The van der Waals surface area contributed by atoms with Gasteiger partial charge in [-0.3, -0.25) is 4.79 Å². The van der Waals surface area contributed by atoms with Gasteiger partial charge in [-0.2, -0.15) is 5.26 Å². The Morgan fingerprint density at radius 1 is 1.15 bits per heavy atom. The molecule has 0 bridgehead atoms. The molecule has 1 unspecified atom stereocenters. The van der Waals surface area contributed by atoms with Gasteiger partial charge in [0, 0.05) is 21.2 Å². The summed E-state index contributed by atoms with van der Waals surface area (Å²) in [6.45, 7) is 0. The van der Waals surface area contributed by atoms with Crippen LogP contribution in [0.4, 0.5) is 4.39 Å². The predicted molar refractivity (Wildman–Crippen MR) is 75.5 cm³/mol. The molecule has 0 aromatic heterocycles. The Bertz CT molecular complexity index is 689. The van der Waals surface area contributed by atoms with Gasteiger partial charge in [-0.05, 0) is 24.3 Å². The molecule has 20 heavy (non-hydrogen) atoms. The summed E-state index contributed by atoms with van der Waals surface area (Å²) >= 11 is 11.7. The van der Waals surface area contributed by atoms with Gasteiger partial charge < -0.3 is 0 Å². The lowest BCUT2D eigenvalue weighted by Gasteiger charge is -2.10. The maximum atomic E-state index is 13.7. The van der Waals surface area contributed by atoms with Gasteiger partial charge in [-0.15, -0.1) is 0 Å². The average Bonchev–Trinajstić information content (AvgIpc) is 2.40. The largest absolute Gasteiger partial charge is 0.292 e. The van der Waals surface area contributed by atoms with Crippen molar-refractivity contribution in [2.45, 2.75) is 5.92 Å². The molecule has 0 aliphatic heterocycles. The Labute approximate surface area is 125 Å². The van der Waals surface area contributed by atoms with Crippen LogP contribution in [0.15, 0.2) is 42.5 Å². The van der Waals surface area contributed by atoms with Crippen LogP contribution in [0.3, 0.4) is 0 Å². The molecule has 0 aliphatic carbocycles. The number of nitrogens with zero attached hydrogens (tertiary/aromatic N) is 1. The van der Waals surface area contributed by atoms with E-state index in [1.54, 1.807) is 6.07 Å². The summed E-state index contributed by atoms with van der Waals surface area (Å²) in [6.07, 6.45) is 0. The highest BCUT2D eigenvalue weighted by molar-refractivity contribution is 6.35. The van der Waals surface area contributed by atoms with Crippen molar-refractivity contribution in [1.29, 1.82) is 5.26 Å². The highest BCUT2D eigenvalue weighted by Crippen LogP contribution is 2.26. The first-order chi connectivity index (χ1) is 9.52. The molecule has 100 valence electrons. The van der Waals surface area contributed by atoms with Gasteiger partial charge in [0.25, 0.3) is 0 Å². The first kappa shape index (κ1) is 14.5. The fourth-order valence-electron chi connectivity index (χ4n) is 1.84. The molecular formula is C15H8Cl2FNO. The summed E-state index contributed by atoms with van der Waals surface area (Å²) in [5, 5.41) is 9.74. The van der Waals surface area contributed by atoms with Crippen LogP contribution in [0, 0.1) is 17.1 Å². The van der Waals surface area contributed by atoms with Crippen LogP contribution in [0.25, 0.3) is 0 Å². The van der Waals surface area contributed by atoms with Gasteiger partial charge in [0.15, 0.2) is 5.78 Å². The lowest BCUT2D eigenvalue weighted by atomic mass is 9.91. The van der Waals surface area contributed by atoms with Crippen molar-refractivity contribution in [2.75, 3.05) is 0 Å². The quantitative estimate of drug-likeness (QED) is 0.776. The second kappa shape index (κ2) is 6.04. The minimum atomic E-state index is -1.23. The first-order valence-electron chi connectivity index (χ1n) is 5.67. The second-order valence-corrected chi connectivity index (χ2v) is 4.98. The van der Waals surface area contributed by atoms with Gasteiger partial charge >= 0.3 is 0 Å². The van der Waals surface area contributed by atoms with Crippen molar-refractivity contribution < 1.29 is 9.18 Å². The molecule has 2 nitrogen and oxygen atoms in total. The summed E-state index contributed by atoms with van der Waals surface area (Å²) in [5.74, 6) is -2.37. The molecule has 0 radical (unpaired) electrons. The third kappa shape index (κ3) is 2.98. The topological polar surface area (TPSA) is 40.9 Å². The van der Waals surface area contributed by atoms with E-state index < -0.39 is 17.5 Å². The third-order valence-corrected chi connectivity index (χ3v) is 3.19. The van der Waals surface area contributed by atoms with Crippen molar-refractivity contribution in [1.82, 2.24) is 0 Å². The summed E-state index contributed by atoms with van der Waals surface area (Å²) in [5.41, 5.74) is 0.216. The highest BCUT2D eigenvalue weighted by Gasteiger charge is 2.24.